The average Bonchev–Trinajstić information content (AvgIpc) is 3.21. The molecular formula is C17H17FN4O3S. The molecule has 136 valence electrons. The van der Waals surface area contributed by atoms with Crippen LogP contribution in [0.25, 0.3) is 10.2 Å². The lowest BCUT2D eigenvalue weighted by molar-refractivity contribution is -0.145. The molecule has 2 fully saturated rings. The Morgan fingerprint density at radius 1 is 1.12 bits per heavy atom. The standard InChI is InChI=1S/C17H17FN4O3S/c18-11-2-1-3-12-16(11)19-17(26-12)21-8-6-20(7-9-21)15(25)10-22-13(23)4-5-14(22)24/h1-3H,4-10H2. The van der Waals surface area contributed by atoms with Crippen molar-refractivity contribution in [1.29, 1.82) is 0 Å². The molecule has 26 heavy (non-hydrogen) atoms. The van der Waals surface area contributed by atoms with Gasteiger partial charge in [-0.05, 0) is 12.1 Å². The largest absolute Gasteiger partial charge is 0.345 e. The first kappa shape index (κ1) is 16.9. The van der Waals surface area contributed by atoms with E-state index in [4.69, 9.17) is 0 Å². The van der Waals surface area contributed by atoms with Crippen molar-refractivity contribution in [2.45, 2.75) is 12.8 Å². The topological polar surface area (TPSA) is 73.8 Å². The van der Waals surface area contributed by atoms with Gasteiger partial charge in [-0.3, -0.25) is 19.3 Å². The maximum Gasteiger partial charge on any atom is 0.242 e. The van der Waals surface area contributed by atoms with Crippen LogP contribution < -0.4 is 4.90 Å². The number of hydrogen-bond acceptors (Lipinski definition) is 6. The van der Waals surface area contributed by atoms with Crippen molar-refractivity contribution in [1.82, 2.24) is 14.8 Å². The fourth-order valence-electron chi connectivity index (χ4n) is 3.22. The van der Waals surface area contributed by atoms with Gasteiger partial charge in [0.25, 0.3) is 0 Å². The number of anilines is 1. The molecule has 2 aromatic rings. The van der Waals surface area contributed by atoms with Gasteiger partial charge in [-0.25, -0.2) is 9.37 Å². The lowest BCUT2D eigenvalue weighted by atomic mass is 10.3. The number of thiazole rings is 1. The molecule has 3 amide bonds. The number of rotatable bonds is 3. The maximum absolute atomic E-state index is 13.8. The van der Waals surface area contributed by atoms with E-state index < -0.39 is 0 Å². The van der Waals surface area contributed by atoms with Crippen LogP contribution in [0.3, 0.4) is 0 Å². The van der Waals surface area contributed by atoms with Gasteiger partial charge in [-0.1, -0.05) is 17.4 Å². The number of nitrogens with zero attached hydrogens (tertiary/aromatic N) is 4. The van der Waals surface area contributed by atoms with Gasteiger partial charge in [0.1, 0.15) is 17.9 Å². The summed E-state index contributed by atoms with van der Waals surface area (Å²) >= 11 is 1.43. The first-order valence-corrected chi connectivity index (χ1v) is 9.25. The second-order valence-corrected chi connectivity index (χ2v) is 7.33. The third-order valence-electron chi connectivity index (χ3n) is 4.71. The molecule has 0 spiro atoms. The number of carbonyl (C=O) groups excluding carboxylic acids is 3. The molecule has 9 heteroatoms. The quantitative estimate of drug-likeness (QED) is 0.754. The number of carbonyl (C=O) groups is 3. The Labute approximate surface area is 153 Å². The van der Waals surface area contributed by atoms with Crippen LogP contribution in [0.2, 0.25) is 0 Å². The first-order valence-electron chi connectivity index (χ1n) is 8.44. The van der Waals surface area contributed by atoms with Crippen molar-refractivity contribution < 1.29 is 18.8 Å². The molecule has 7 nitrogen and oxygen atoms in total. The smallest absolute Gasteiger partial charge is 0.242 e. The maximum atomic E-state index is 13.8. The van der Waals surface area contributed by atoms with Gasteiger partial charge in [-0.2, -0.15) is 0 Å². The number of imide groups is 1. The van der Waals surface area contributed by atoms with E-state index in [-0.39, 0.29) is 42.9 Å². The normalized spacial score (nSPS) is 18.3. The Balaban J connectivity index is 1.39. The van der Waals surface area contributed by atoms with Crippen LogP contribution in [0.4, 0.5) is 9.52 Å². The van der Waals surface area contributed by atoms with Crippen molar-refractivity contribution in [2.75, 3.05) is 37.6 Å². The predicted octanol–water partition coefficient (Wildman–Crippen LogP) is 1.23. The van der Waals surface area contributed by atoms with E-state index in [2.05, 4.69) is 4.98 Å². The van der Waals surface area contributed by atoms with Crippen LogP contribution in [0, 0.1) is 5.82 Å². The summed E-state index contributed by atoms with van der Waals surface area (Å²) in [6.45, 7) is 1.94. The number of aromatic nitrogens is 1. The van der Waals surface area contributed by atoms with Gasteiger partial charge in [0.15, 0.2) is 5.13 Å². The van der Waals surface area contributed by atoms with Gasteiger partial charge < -0.3 is 9.80 Å². The van der Waals surface area contributed by atoms with E-state index in [1.54, 1.807) is 11.0 Å². The van der Waals surface area contributed by atoms with Crippen molar-refractivity contribution in [3.05, 3.63) is 24.0 Å². The Bertz CT molecular complexity index is 875. The summed E-state index contributed by atoms with van der Waals surface area (Å²) < 4.78 is 14.6. The van der Waals surface area contributed by atoms with Crippen LogP contribution >= 0.6 is 11.3 Å². The molecule has 4 rings (SSSR count). The number of likely N-dealkylation sites (tertiary alicyclic amines) is 1. The zero-order chi connectivity index (χ0) is 18.3. The monoisotopic (exact) mass is 376 g/mol. The van der Waals surface area contributed by atoms with Crippen LogP contribution in [-0.2, 0) is 14.4 Å². The summed E-state index contributed by atoms with van der Waals surface area (Å²) in [5.74, 6) is -1.11. The third-order valence-corrected chi connectivity index (χ3v) is 5.79. The number of para-hydroxylation sites is 1. The highest BCUT2D eigenvalue weighted by Gasteiger charge is 2.32. The molecule has 0 aliphatic carbocycles. The molecule has 1 aromatic carbocycles. The molecule has 0 unspecified atom stereocenters. The highest BCUT2D eigenvalue weighted by atomic mass is 32.1. The van der Waals surface area contributed by atoms with Crippen molar-refractivity contribution >= 4 is 44.4 Å². The second kappa shape index (κ2) is 6.64. The number of hydrogen-bond donors (Lipinski definition) is 0. The molecule has 1 aromatic heterocycles. The fourth-order valence-corrected chi connectivity index (χ4v) is 4.25. The third kappa shape index (κ3) is 3.03. The van der Waals surface area contributed by atoms with Gasteiger partial charge >= 0.3 is 0 Å². The second-order valence-electron chi connectivity index (χ2n) is 6.32. The summed E-state index contributed by atoms with van der Waals surface area (Å²) in [6.07, 6.45) is 0.377. The van der Waals surface area contributed by atoms with E-state index in [9.17, 15) is 18.8 Å². The zero-order valence-corrected chi connectivity index (χ0v) is 14.8. The number of amides is 3. The summed E-state index contributed by atoms with van der Waals surface area (Å²) in [6, 6.07) is 4.89. The van der Waals surface area contributed by atoms with Crippen LogP contribution in [0.5, 0.6) is 0 Å². The highest BCUT2D eigenvalue weighted by molar-refractivity contribution is 7.22. The molecule has 0 atom stereocenters. The molecular weight excluding hydrogens is 359 g/mol. The van der Waals surface area contributed by atoms with Gasteiger partial charge in [0.2, 0.25) is 17.7 Å². The zero-order valence-electron chi connectivity index (χ0n) is 14.0. The number of halogens is 1. The lowest BCUT2D eigenvalue weighted by Crippen LogP contribution is -2.51. The van der Waals surface area contributed by atoms with Crippen molar-refractivity contribution in [2.24, 2.45) is 0 Å². The van der Waals surface area contributed by atoms with Crippen molar-refractivity contribution in [3.63, 3.8) is 0 Å². The number of piperazine rings is 1. The van der Waals surface area contributed by atoms with E-state index in [1.807, 2.05) is 11.0 Å². The van der Waals surface area contributed by atoms with Gasteiger partial charge in [-0.15, -0.1) is 0 Å². The van der Waals surface area contributed by atoms with E-state index in [0.29, 0.717) is 31.7 Å². The van der Waals surface area contributed by atoms with Crippen molar-refractivity contribution in [3.8, 4) is 0 Å². The first-order chi connectivity index (χ1) is 12.5. The summed E-state index contributed by atoms with van der Waals surface area (Å²) in [7, 11) is 0. The molecule has 0 radical (unpaired) electrons. The lowest BCUT2D eigenvalue weighted by Gasteiger charge is -2.35. The summed E-state index contributed by atoms with van der Waals surface area (Å²) in [4.78, 5) is 44.8. The molecule has 3 heterocycles. The molecule has 0 bridgehead atoms. The molecule has 0 saturated carbocycles. The Morgan fingerprint density at radius 2 is 1.81 bits per heavy atom. The molecule has 0 N–H and O–H groups in total. The molecule has 2 aliphatic rings. The molecule has 2 saturated heterocycles. The van der Waals surface area contributed by atoms with E-state index >= 15 is 0 Å². The van der Waals surface area contributed by atoms with Crippen LogP contribution in [-0.4, -0.2) is 65.2 Å². The fraction of sp³-hybridized carbons (Fsp3) is 0.412. The highest BCUT2D eigenvalue weighted by Crippen LogP contribution is 2.30. The minimum atomic E-state index is -0.334. The van der Waals surface area contributed by atoms with E-state index in [0.717, 1.165) is 14.7 Å². The van der Waals surface area contributed by atoms with Gasteiger partial charge in [0, 0.05) is 39.0 Å². The van der Waals surface area contributed by atoms with Crippen LogP contribution in [0.1, 0.15) is 12.8 Å². The number of fused-ring (bicyclic) bond motifs is 1. The Kier molecular flexibility index (Phi) is 4.31. The summed E-state index contributed by atoms with van der Waals surface area (Å²) in [5.41, 5.74) is 0.372. The summed E-state index contributed by atoms with van der Waals surface area (Å²) in [5, 5.41) is 0.738. The minimum Gasteiger partial charge on any atom is -0.345 e. The predicted molar refractivity (Wildman–Crippen MR) is 94.3 cm³/mol. The van der Waals surface area contributed by atoms with E-state index in [1.165, 1.54) is 17.4 Å². The number of benzene rings is 1. The SMILES string of the molecule is O=C(CN1C(=O)CCC1=O)N1CCN(c2nc3c(F)cccc3s2)CC1. The van der Waals surface area contributed by atoms with Gasteiger partial charge in [0.05, 0.1) is 4.70 Å². The Morgan fingerprint density at radius 3 is 2.46 bits per heavy atom. The van der Waals surface area contributed by atoms with Crippen LogP contribution in [0.15, 0.2) is 18.2 Å². The average molecular weight is 376 g/mol. The minimum absolute atomic E-state index is 0.177. The Hall–Kier alpha value is -2.55. The molecule has 2 aliphatic heterocycles.